The third kappa shape index (κ3) is 2.33. The second-order valence-corrected chi connectivity index (χ2v) is 5.67. The van der Waals surface area contributed by atoms with Crippen molar-refractivity contribution in [2.45, 2.75) is 39.2 Å². The van der Waals surface area contributed by atoms with Crippen LogP contribution in [0.15, 0.2) is 34.7 Å². The van der Waals surface area contributed by atoms with Crippen LogP contribution in [-0.2, 0) is 12.8 Å². The van der Waals surface area contributed by atoms with Gasteiger partial charge in [-0.05, 0) is 56.2 Å². The van der Waals surface area contributed by atoms with E-state index < -0.39 is 0 Å². The van der Waals surface area contributed by atoms with Crippen molar-refractivity contribution in [3.63, 3.8) is 0 Å². The molecule has 2 heteroatoms. The van der Waals surface area contributed by atoms with E-state index in [4.69, 9.17) is 10.2 Å². The van der Waals surface area contributed by atoms with Gasteiger partial charge in [0.15, 0.2) is 0 Å². The van der Waals surface area contributed by atoms with Crippen LogP contribution < -0.4 is 5.73 Å². The Balaban J connectivity index is 1.83. The van der Waals surface area contributed by atoms with Gasteiger partial charge >= 0.3 is 0 Å². The number of hydrogen-bond acceptors (Lipinski definition) is 2. The Morgan fingerprint density at radius 3 is 2.63 bits per heavy atom. The minimum Gasteiger partial charge on any atom is -0.466 e. The predicted octanol–water partition coefficient (Wildman–Crippen LogP) is 3.70. The normalized spacial score (nSPS) is 20.1. The van der Waals surface area contributed by atoms with E-state index >= 15 is 0 Å². The third-order valence-corrected chi connectivity index (χ3v) is 4.33. The molecule has 0 aliphatic heterocycles. The number of fused-ring (bicyclic) bond motifs is 1. The zero-order chi connectivity index (χ0) is 13.4. The van der Waals surface area contributed by atoms with Crippen molar-refractivity contribution in [1.29, 1.82) is 0 Å². The van der Waals surface area contributed by atoms with Crippen LogP contribution in [-0.4, -0.2) is 0 Å². The van der Waals surface area contributed by atoms with E-state index in [9.17, 15) is 0 Å². The van der Waals surface area contributed by atoms with Crippen LogP contribution in [0, 0.1) is 19.8 Å². The molecular formula is C17H21NO. The van der Waals surface area contributed by atoms with Crippen LogP contribution in [0.5, 0.6) is 0 Å². The van der Waals surface area contributed by atoms with Crippen molar-refractivity contribution in [3.05, 3.63) is 58.5 Å². The predicted molar refractivity (Wildman–Crippen MR) is 77.1 cm³/mol. The molecule has 0 radical (unpaired) electrons. The summed E-state index contributed by atoms with van der Waals surface area (Å²) >= 11 is 0. The summed E-state index contributed by atoms with van der Waals surface area (Å²) in [5, 5.41) is 0. The van der Waals surface area contributed by atoms with Gasteiger partial charge in [-0.2, -0.15) is 0 Å². The summed E-state index contributed by atoms with van der Waals surface area (Å²) in [6.45, 7) is 4.00. The Labute approximate surface area is 114 Å². The van der Waals surface area contributed by atoms with Crippen molar-refractivity contribution in [2.75, 3.05) is 0 Å². The summed E-state index contributed by atoms with van der Waals surface area (Å²) in [5.74, 6) is 2.45. The van der Waals surface area contributed by atoms with Gasteiger partial charge in [-0.3, -0.25) is 0 Å². The summed E-state index contributed by atoms with van der Waals surface area (Å²) in [4.78, 5) is 0. The van der Waals surface area contributed by atoms with Gasteiger partial charge in [0.2, 0.25) is 0 Å². The average Bonchev–Trinajstić information content (AvgIpc) is 2.76. The smallest absolute Gasteiger partial charge is 0.105 e. The van der Waals surface area contributed by atoms with Gasteiger partial charge in [0.05, 0.1) is 0 Å². The minimum absolute atomic E-state index is 0.0887. The van der Waals surface area contributed by atoms with Crippen LogP contribution >= 0.6 is 0 Å². The lowest BCUT2D eigenvalue weighted by Gasteiger charge is -2.29. The lowest BCUT2D eigenvalue weighted by Crippen LogP contribution is -2.27. The van der Waals surface area contributed by atoms with Crippen molar-refractivity contribution in [3.8, 4) is 0 Å². The molecule has 100 valence electrons. The molecule has 2 aromatic rings. The second-order valence-electron chi connectivity index (χ2n) is 5.67. The molecule has 3 rings (SSSR count). The van der Waals surface area contributed by atoms with Crippen LogP contribution in [0.3, 0.4) is 0 Å². The van der Waals surface area contributed by atoms with Crippen molar-refractivity contribution in [1.82, 2.24) is 0 Å². The van der Waals surface area contributed by atoms with Crippen LogP contribution in [0.4, 0.5) is 0 Å². The van der Waals surface area contributed by atoms with E-state index in [1.165, 1.54) is 23.1 Å². The van der Waals surface area contributed by atoms with E-state index in [0.717, 1.165) is 24.4 Å². The highest BCUT2D eigenvalue weighted by Gasteiger charge is 2.26. The van der Waals surface area contributed by atoms with Crippen LogP contribution in [0.2, 0.25) is 0 Å². The highest BCUT2D eigenvalue weighted by atomic mass is 16.3. The molecule has 2 N–H and O–H groups in total. The minimum atomic E-state index is 0.0887. The molecule has 2 unspecified atom stereocenters. The van der Waals surface area contributed by atoms with E-state index in [-0.39, 0.29) is 6.04 Å². The molecule has 2 atom stereocenters. The van der Waals surface area contributed by atoms with E-state index in [0.29, 0.717) is 5.92 Å². The molecule has 0 bridgehead atoms. The van der Waals surface area contributed by atoms with Crippen molar-refractivity contribution >= 4 is 0 Å². The lowest BCUT2D eigenvalue weighted by molar-refractivity contribution is 0.377. The molecule has 19 heavy (non-hydrogen) atoms. The van der Waals surface area contributed by atoms with Crippen molar-refractivity contribution in [2.24, 2.45) is 11.7 Å². The summed E-state index contributed by atoms with van der Waals surface area (Å²) in [7, 11) is 0. The van der Waals surface area contributed by atoms with Gasteiger partial charge in [-0.25, -0.2) is 0 Å². The maximum Gasteiger partial charge on any atom is 0.105 e. The fraction of sp³-hybridized carbons (Fsp3) is 0.412. The molecule has 2 nitrogen and oxygen atoms in total. The molecule has 0 saturated heterocycles. The zero-order valence-corrected chi connectivity index (χ0v) is 11.6. The van der Waals surface area contributed by atoms with E-state index in [2.05, 4.69) is 30.3 Å². The van der Waals surface area contributed by atoms with Crippen LogP contribution in [0.1, 0.15) is 40.7 Å². The Bertz CT molecular complexity index is 585. The van der Waals surface area contributed by atoms with E-state index in [1.54, 1.807) is 0 Å². The number of furan rings is 1. The summed E-state index contributed by atoms with van der Waals surface area (Å²) < 4.78 is 5.62. The van der Waals surface area contributed by atoms with Gasteiger partial charge < -0.3 is 10.2 Å². The van der Waals surface area contributed by atoms with Gasteiger partial charge in [-0.1, -0.05) is 24.3 Å². The first-order chi connectivity index (χ1) is 9.15. The Hall–Kier alpha value is -1.54. The van der Waals surface area contributed by atoms with Crippen molar-refractivity contribution < 1.29 is 4.42 Å². The van der Waals surface area contributed by atoms with E-state index in [1.807, 2.05) is 13.8 Å². The first-order valence-electron chi connectivity index (χ1n) is 7.04. The van der Waals surface area contributed by atoms with Gasteiger partial charge in [0, 0.05) is 11.6 Å². The quantitative estimate of drug-likeness (QED) is 0.888. The van der Waals surface area contributed by atoms with Gasteiger partial charge in [-0.15, -0.1) is 0 Å². The molecule has 0 amide bonds. The van der Waals surface area contributed by atoms with Gasteiger partial charge in [0.1, 0.15) is 11.5 Å². The SMILES string of the molecule is Cc1cc(C(N)C2CCc3ccccc3C2)c(C)o1. The van der Waals surface area contributed by atoms with Gasteiger partial charge in [0.25, 0.3) is 0 Å². The first kappa shape index (κ1) is 12.5. The maximum atomic E-state index is 6.48. The third-order valence-electron chi connectivity index (χ3n) is 4.33. The Morgan fingerprint density at radius 2 is 1.95 bits per heavy atom. The summed E-state index contributed by atoms with van der Waals surface area (Å²) in [5.41, 5.74) is 10.6. The van der Waals surface area contributed by atoms with Crippen LogP contribution in [0.25, 0.3) is 0 Å². The molecule has 1 aliphatic rings. The molecule has 1 aliphatic carbocycles. The molecule has 1 heterocycles. The maximum absolute atomic E-state index is 6.48. The highest BCUT2D eigenvalue weighted by Crippen LogP contribution is 2.34. The molecule has 1 aromatic carbocycles. The topological polar surface area (TPSA) is 39.2 Å². The number of nitrogens with two attached hydrogens (primary N) is 1. The lowest BCUT2D eigenvalue weighted by atomic mass is 9.78. The molecule has 0 fully saturated rings. The highest BCUT2D eigenvalue weighted by molar-refractivity contribution is 5.32. The number of benzene rings is 1. The fourth-order valence-electron chi connectivity index (χ4n) is 3.27. The number of hydrogen-bond donors (Lipinski definition) is 1. The fourth-order valence-corrected chi connectivity index (χ4v) is 3.27. The zero-order valence-electron chi connectivity index (χ0n) is 11.6. The first-order valence-corrected chi connectivity index (χ1v) is 7.04. The summed E-state index contributed by atoms with van der Waals surface area (Å²) in [6, 6.07) is 10.9. The number of aryl methyl sites for hydroxylation is 3. The Kier molecular flexibility index (Phi) is 3.19. The molecule has 0 spiro atoms. The number of rotatable bonds is 2. The second kappa shape index (κ2) is 4.86. The summed E-state index contributed by atoms with van der Waals surface area (Å²) in [6.07, 6.45) is 3.40. The standard InChI is InChI=1S/C17H21NO/c1-11-9-16(12(2)19-11)17(18)15-8-7-13-5-3-4-6-14(13)10-15/h3-6,9,15,17H,7-8,10,18H2,1-2H3. The Morgan fingerprint density at radius 1 is 1.21 bits per heavy atom. The molecule has 0 saturated carbocycles. The molecule has 1 aromatic heterocycles. The monoisotopic (exact) mass is 255 g/mol. The average molecular weight is 255 g/mol. The molecular weight excluding hydrogens is 234 g/mol. The largest absolute Gasteiger partial charge is 0.466 e.